The van der Waals surface area contributed by atoms with Crippen LogP contribution in [0, 0.1) is 0 Å². The SMILES string of the molecule is O=C(NCCCn1ncccc1=O)[C@H]1COCC(=O)N1Cc1cccs1. The summed E-state index contributed by atoms with van der Waals surface area (Å²) in [7, 11) is 0. The molecule has 8 nitrogen and oxygen atoms in total. The zero-order valence-electron chi connectivity index (χ0n) is 14.2. The molecule has 0 saturated carbocycles. The van der Waals surface area contributed by atoms with Crippen LogP contribution in [-0.2, 0) is 27.4 Å². The number of nitrogens with one attached hydrogen (secondary N) is 1. The van der Waals surface area contributed by atoms with E-state index >= 15 is 0 Å². The minimum Gasteiger partial charge on any atom is -0.369 e. The lowest BCUT2D eigenvalue weighted by Gasteiger charge is -2.34. The van der Waals surface area contributed by atoms with Gasteiger partial charge in [-0.05, 0) is 23.9 Å². The van der Waals surface area contributed by atoms with E-state index in [9.17, 15) is 14.4 Å². The standard InChI is InChI=1S/C17H20N4O4S/c22-15-5-1-7-19-21(15)8-3-6-18-17(24)14-11-25-12-16(23)20(14)10-13-4-2-9-26-13/h1-2,4-5,7,9,14H,3,6,8,10-12H2,(H,18,24)/t14-/m1/s1. The van der Waals surface area contributed by atoms with E-state index in [-0.39, 0.29) is 30.6 Å². The summed E-state index contributed by atoms with van der Waals surface area (Å²) in [6.45, 7) is 1.39. The third-order valence-electron chi connectivity index (χ3n) is 4.04. The third-order valence-corrected chi connectivity index (χ3v) is 4.90. The molecule has 138 valence electrons. The Morgan fingerprint density at radius 2 is 2.23 bits per heavy atom. The Morgan fingerprint density at radius 1 is 1.35 bits per heavy atom. The number of amides is 2. The highest BCUT2D eigenvalue weighted by atomic mass is 32.1. The predicted octanol–water partition coefficient (Wildman–Crippen LogP) is 0.239. The van der Waals surface area contributed by atoms with E-state index < -0.39 is 6.04 Å². The lowest BCUT2D eigenvalue weighted by atomic mass is 10.2. The molecular weight excluding hydrogens is 356 g/mol. The van der Waals surface area contributed by atoms with Gasteiger partial charge in [-0.3, -0.25) is 14.4 Å². The van der Waals surface area contributed by atoms with Crippen molar-refractivity contribution in [2.75, 3.05) is 19.8 Å². The number of thiophene rings is 1. The largest absolute Gasteiger partial charge is 0.369 e. The minimum atomic E-state index is -0.643. The van der Waals surface area contributed by atoms with Crippen LogP contribution in [0.4, 0.5) is 0 Å². The number of nitrogens with zero attached hydrogens (tertiary/aromatic N) is 3. The van der Waals surface area contributed by atoms with Crippen molar-refractivity contribution >= 4 is 23.2 Å². The van der Waals surface area contributed by atoms with Crippen LogP contribution in [0.5, 0.6) is 0 Å². The lowest BCUT2D eigenvalue weighted by Crippen LogP contribution is -2.56. The van der Waals surface area contributed by atoms with E-state index in [1.807, 2.05) is 17.5 Å². The number of hydrogen-bond donors (Lipinski definition) is 1. The summed E-state index contributed by atoms with van der Waals surface area (Å²) in [4.78, 5) is 38.8. The molecule has 2 aromatic heterocycles. The maximum absolute atomic E-state index is 12.5. The van der Waals surface area contributed by atoms with Crippen LogP contribution < -0.4 is 10.9 Å². The number of aryl methyl sites for hydroxylation is 1. The molecule has 1 saturated heterocycles. The van der Waals surface area contributed by atoms with Crippen molar-refractivity contribution in [1.29, 1.82) is 0 Å². The predicted molar refractivity (Wildman–Crippen MR) is 95.6 cm³/mol. The number of hydrogen-bond acceptors (Lipinski definition) is 6. The molecule has 2 amide bonds. The number of morpholine rings is 1. The Labute approximate surface area is 154 Å². The van der Waals surface area contributed by atoms with Gasteiger partial charge in [0.25, 0.3) is 5.56 Å². The Balaban J connectivity index is 1.52. The molecule has 3 rings (SSSR count). The van der Waals surface area contributed by atoms with Crippen molar-refractivity contribution < 1.29 is 14.3 Å². The van der Waals surface area contributed by atoms with Crippen LogP contribution in [0.3, 0.4) is 0 Å². The third kappa shape index (κ3) is 4.55. The normalized spacial score (nSPS) is 17.3. The van der Waals surface area contributed by atoms with Gasteiger partial charge < -0.3 is 15.0 Å². The smallest absolute Gasteiger partial charge is 0.266 e. The molecule has 2 aromatic rings. The second kappa shape index (κ2) is 8.72. The highest BCUT2D eigenvalue weighted by Gasteiger charge is 2.33. The monoisotopic (exact) mass is 376 g/mol. The molecule has 0 radical (unpaired) electrons. The van der Waals surface area contributed by atoms with E-state index in [2.05, 4.69) is 10.4 Å². The van der Waals surface area contributed by atoms with Crippen LogP contribution in [-0.4, -0.2) is 52.3 Å². The van der Waals surface area contributed by atoms with Gasteiger partial charge in [-0.15, -0.1) is 11.3 Å². The highest BCUT2D eigenvalue weighted by Crippen LogP contribution is 2.17. The quantitative estimate of drug-likeness (QED) is 0.699. The number of carbonyl (C=O) groups is 2. The molecule has 0 bridgehead atoms. The summed E-state index contributed by atoms with van der Waals surface area (Å²) in [5, 5.41) is 8.73. The van der Waals surface area contributed by atoms with Crippen molar-refractivity contribution in [3.8, 4) is 0 Å². The molecule has 1 aliphatic heterocycles. The van der Waals surface area contributed by atoms with Gasteiger partial charge in [0.2, 0.25) is 11.8 Å². The maximum Gasteiger partial charge on any atom is 0.266 e. The fraction of sp³-hybridized carbons (Fsp3) is 0.412. The fourth-order valence-corrected chi connectivity index (χ4v) is 3.41. The molecule has 1 N–H and O–H groups in total. The van der Waals surface area contributed by atoms with Gasteiger partial charge in [0.05, 0.1) is 13.2 Å². The van der Waals surface area contributed by atoms with Gasteiger partial charge >= 0.3 is 0 Å². The van der Waals surface area contributed by atoms with Crippen LogP contribution >= 0.6 is 11.3 Å². The molecule has 1 atom stereocenters. The van der Waals surface area contributed by atoms with Crippen LogP contribution in [0.15, 0.2) is 40.6 Å². The molecule has 0 spiro atoms. The van der Waals surface area contributed by atoms with E-state index in [4.69, 9.17) is 4.74 Å². The van der Waals surface area contributed by atoms with Gasteiger partial charge in [0.1, 0.15) is 12.6 Å². The Kier molecular flexibility index (Phi) is 6.13. The van der Waals surface area contributed by atoms with Gasteiger partial charge in [0, 0.05) is 30.2 Å². The second-order valence-electron chi connectivity index (χ2n) is 5.86. The minimum absolute atomic E-state index is 0.00223. The first-order chi connectivity index (χ1) is 12.6. The average molecular weight is 376 g/mol. The summed E-state index contributed by atoms with van der Waals surface area (Å²) in [5.74, 6) is -0.437. The molecule has 3 heterocycles. The first kappa shape index (κ1) is 18.3. The summed E-state index contributed by atoms with van der Waals surface area (Å²) >= 11 is 1.55. The molecule has 0 unspecified atom stereocenters. The summed E-state index contributed by atoms with van der Waals surface area (Å²) in [6, 6.07) is 6.24. The summed E-state index contributed by atoms with van der Waals surface area (Å²) in [6.07, 6.45) is 2.11. The molecule has 1 fully saturated rings. The Hall–Kier alpha value is -2.52. The van der Waals surface area contributed by atoms with Crippen molar-refractivity contribution in [2.24, 2.45) is 0 Å². The van der Waals surface area contributed by atoms with Gasteiger partial charge in [-0.25, -0.2) is 4.68 Å². The topological polar surface area (TPSA) is 93.5 Å². The van der Waals surface area contributed by atoms with Crippen LogP contribution in [0.2, 0.25) is 0 Å². The summed E-state index contributed by atoms with van der Waals surface area (Å²) in [5.41, 5.74) is -0.174. The first-order valence-corrected chi connectivity index (χ1v) is 9.22. The Morgan fingerprint density at radius 3 is 3.00 bits per heavy atom. The van der Waals surface area contributed by atoms with Crippen molar-refractivity contribution in [2.45, 2.75) is 25.6 Å². The number of rotatable bonds is 7. The lowest BCUT2D eigenvalue weighted by molar-refractivity contribution is -0.155. The number of aromatic nitrogens is 2. The molecule has 1 aliphatic rings. The molecular formula is C17H20N4O4S. The first-order valence-electron chi connectivity index (χ1n) is 8.34. The summed E-state index contributed by atoms with van der Waals surface area (Å²) < 4.78 is 6.60. The number of ether oxygens (including phenoxy) is 1. The van der Waals surface area contributed by atoms with Crippen molar-refractivity contribution in [3.63, 3.8) is 0 Å². The second-order valence-corrected chi connectivity index (χ2v) is 6.89. The molecule has 0 aliphatic carbocycles. The Bertz CT molecular complexity index is 805. The number of carbonyl (C=O) groups excluding carboxylic acids is 2. The zero-order chi connectivity index (χ0) is 18.4. The fourth-order valence-electron chi connectivity index (χ4n) is 2.70. The van der Waals surface area contributed by atoms with Gasteiger partial charge in [-0.1, -0.05) is 6.07 Å². The van der Waals surface area contributed by atoms with E-state index in [0.29, 0.717) is 26.1 Å². The molecule has 0 aromatic carbocycles. The zero-order valence-corrected chi connectivity index (χ0v) is 15.0. The van der Waals surface area contributed by atoms with Crippen LogP contribution in [0.1, 0.15) is 11.3 Å². The highest BCUT2D eigenvalue weighted by molar-refractivity contribution is 7.09. The van der Waals surface area contributed by atoms with E-state index in [1.165, 1.54) is 10.7 Å². The maximum atomic E-state index is 12.5. The van der Waals surface area contributed by atoms with Crippen molar-refractivity contribution in [1.82, 2.24) is 20.0 Å². The van der Waals surface area contributed by atoms with E-state index in [1.54, 1.807) is 28.5 Å². The molecule has 9 heteroatoms. The average Bonchev–Trinajstić information content (AvgIpc) is 3.15. The van der Waals surface area contributed by atoms with Crippen LogP contribution in [0.25, 0.3) is 0 Å². The van der Waals surface area contributed by atoms with Gasteiger partial charge in [-0.2, -0.15) is 5.10 Å². The van der Waals surface area contributed by atoms with E-state index in [0.717, 1.165) is 4.88 Å². The van der Waals surface area contributed by atoms with Gasteiger partial charge in [0.15, 0.2) is 0 Å². The van der Waals surface area contributed by atoms with Crippen molar-refractivity contribution in [3.05, 3.63) is 51.1 Å². The molecule has 26 heavy (non-hydrogen) atoms.